The molecule has 0 aliphatic carbocycles. The number of sulfone groups is 1. The van der Waals surface area contributed by atoms with Gasteiger partial charge in [0.1, 0.15) is 11.6 Å². The summed E-state index contributed by atoms with van der Waals surface area (Å²) >= 11 is 0. The summed E-state index contributed by atoms with van der Waals surface area (Å²) < 4.78 is 57.4. The van der Waals surface area contributed by atoms with Crippen molar-refractivity contribution in [3.63, 3.8) is 0 Å². The Morgan fingerprint density at radius 1 is 0.865 bits per heavy atom. The maximum Gasteiger partial charge on any atom is 0.405 e. The molecule has 0 aliphatic heterocycles. The fourth-order valence-corrected chi connectivity index (χ4v) is 7.41. The van der Waals surface area contributed by atoms with Gasteiger partial charge >= 0.3 is 6.09 Å². The number of carbonyl (C=O) groups excluding carboxylic acids is 3. The Hall–Kier alpha value is -4.06. The molecular formula is C38H58F2N4O7S. The van der Waals surface area contributed by atoms with Gasteiger partial charge in [0, 0.05) is 44.7 Å². The zero-order chi connectivity index (χ0) is 39.9. The molecule has 0 aliphatic rings. The molecule has 11 nitrogen and oxygen atoms in total. The Kier molecular flexibility index (Phi) is 23.8. The number of rotatable bonds is 20. The van der Waals surface area contributed by atoms with Crippen molar-refractivity contribution in [2.45, 2.75) is 104 Å². The molecule has 0 radical (unpaired) electrons. The van der Waals surface area contributed by atoms with Gasteiger partial charge in [0.05, 0.1) is 17.1 Å². The van der Waals surface area contributed by atoms with E-state index in [-0.39, 0.29) is 44.2 Å². The first-order valence-electron chi connectivity index (χ1n) is 17.6. The van der Waals surface area contributed by atoms with Gasteiger partial charge in [-0.05, 0) is 68.4 Å². The van der Waals surface area contributed by atoms with Gasteiger partial charge in [-0.15, -0.1) is 12.8 Å². The van der Waals surface area contributed by atoms with Crippen molar-refractivity contribution < 1.29 is 41.4 Å². The molecule has 2 atom stereocenters. The summed E-state index contributed by atoms with van der Waals surface area (Å²) in [5.41, 5.74) is 13.1. The zero-order valence-electron chi connectivity index (χ0n) is 31.2. The van der Waals surface area contributed by atoms with E-state index in [9.17, 15) is 36.7 Å². The molecule has 0 saturated heterocycles. The third-order valence-electron chi connectivity index (χ3n) is 8.20. The van der Waals surface area contributed by atoms with Crippen LogP contribution in [0.5, 0.6) is 0 Å². The molecule has 0 saturated carbocycles. The van der Waals surface area contributed by atoms with E-state index >= 15 is 0 Å². The minimum Gasteiger partial charge on any atom is -0.440 e. The fraction of sp³-hybridized carbons (Fsp3) is 0.553. The number of nitrogens with zero attached hydrogens (tertiary/aromatic N) is 2. The van der Waals surface area contributed by atoms with Gasteiger partial charge in [-0.1, -0.05) is 57.9 Å². The lowest BCUT2D eigenvalue weighted by Gasteiger charge is -2.29. The quantitative estimate of drug-likeness (QED) is 0.163. The SMILES string of the molecule is C#C.CCCC(CCC)S(=O)(=O)CCC(=O)N(Cc1cccc(CC)c1)C[C@@H](O)[C@@H](N)Cc1cc(F)cc(F)c1.CCN(CC)C(=O)COC(N)=O. The first kappa shape index (κ1) is 47.9. The number of halogens is 2. The zero-order valence-corrected chi connectivity index (χ0v) is 32.0. The lowest BCUT2D eigenvalue weighted by Crippen LogP contribution is -2.46. The Labute approximate surface area is 309 Å². The maximum atomic E-state index is 13.6. The van der Waals surface area contributed by atoms with Crippen molar-refractivity contribution in [2.24, 2.45) is 11.5 Å². The van der Waals surface area contributed by atoms with Gasteiger partial charge in [-0.2, -0.15) is 0 Å². The summed E-state index contributed by atoms with van der Waals surface area (Å²) in [5, 5.41) is 10.4. The number of likely N-dealkylation sites (N-methyl/N-ethyl adjacent to an activating group) is 1. The van der Waals surface area contributed by atoms with Gasteiger partial charge in [0.25, 0.3) is 5.91 Å². The van der Waals surface area contributed by atoms with Crippen molar-refractivity contribution in [1.29, 1.82) is 0 Å². The van der Waals surface area contributed by atoms with E-state index in [0.29, 0.717) is 31.5 Å². The van der Waals surface area contributed by atoms with E-state index in [0.717, 1.165) is 48.6 Å². The van der Waals surface area contributed by atoms with Crippen LogP contribution in [0.2, 0.25) is 0 Å². The van der Waals surface area contributed by atoms with E-state index < -0.39 is 50.9 Å². The van der Waals surface area contributed by atoms with Crippen molar-refractivity contribution in [2.75, 3.05) is 32.0 Å². The number of primary amides is 1. The molecule has 2 aromatic carbocycles. The molecule has 0 heterocycles. The molecule has 52 heavy (non-hydrogen) atoms. The Morgan fingerprint density at radius 2 is 1.42 bits per heavy atom. The molecule has 0 unspecified atom stereocenters. The number of hydrogen-bond donors (Lipinski definition) is 3. The molecule has 0 spiro atoms. The minimum atomic E-state index is -3.46. The first-order chi connectivity index (χ1) is 24.6. The largest absolute Gasteiger partial charge is 0.440 e. The number of terminal acetylenes is 1. The highest BCUT2D eigenvalue weighted by molar-refractivity contribution is 7.92. The average Bonchev–Trinajstić information content (AvgIpc) is 3.10. The predicted molar refractivity (Wildman–Crippen MR) is 201 cm³/mol. The van der Waals surface area contributed by atoms with Crippen LogP contribution < -0.4 is 11.5 Å². The number of aliphatic hydroxyl groups is 1. The van der Waals surface area contributed by atoms with Crippen LogP contribution in [0, 0.1) is 24.5 Å². The maximum absolute atomic E-state index is 13.6. The van der Waals surface area contributed by atoms with Gasteiger partial charge in [0.2, 0.25) is 5.91 Å². The normalized spacial score (nSPS) is 12.0. The molecule has 0 aromatic heterocycles. The first-order valence-corrected chi connectivity index (χ1v) is 19.3. The second kappa shape index (κ2) is 25.8. The molecule has 14 heteroatoms. The van der Waals surface area contributed by atoms with Crippen LogP contribution in [-0.2, 0) is 43.5 Å². The lowest BCUT2D eigenvalue weighted by atomic mass is 10.0. The van der Waals surface area contributed by atoms with Crippen LogP contribution in [0.25, 0.3) is 0 Å². The number of aryl methyl sites for hydroxylation is 1. The molecule has 0 bridgehead atoms. The minimum absolute atomic E-state index is 0.00723. The molecule has 5 N–H and O–H groups in total. The highest BCUT2D eigenvalue weighted by atomic mass is 32.2. The number of hydrogen-bond acceptors (Lipinski definition) is 8. The van der Waals surface area contributed by atoms with E-state index in [2.05, 4.69) is 17.6 Å². The Balaban J connectivity index is 0.00000157. The molecular weight excluding hydrogens is 695 g/mol. The van der Waals surface area contributed by atoms with E-state index in [1.807, 2.05) is 58.9 Å². The van der Waals surface area contributed by atoms with Gasteiger partial charge in [0.15, 0.2) is 16.4 Å². The lowest BCUT2D eigenvalue weighted by molar-refractivity contribution is -0.134. The third kappa shape index (κ3) is 18.4. The van der Waals surface area contributed by atoms with Crippen molar-refractivity contribution >= 4 is 27.7 Å². The monoisotopic (exact) mass is 752 g/mol. The Bertz CT molecular complexity index is 1480. The van der Waals surface area contributed by atoms with E-state index in [1.165, 1.54) is 4.90 Å². The molecule has 0 fully saturated rings. The standard InChI is InChI=1S/C29H42F2N2O4S.C7H14N2O3.C2H2/c1-4-8-26(9-5-2)38(36,37)13-12-29(35)33(19-22-11-7-10-21(6-3)14-22)20-28(34)27(32)17-23-15-24(30)18-25(31)16-23;1-3-9(4-2)6(10)5-12-7(8)11;1-2/h7,10-11,14-16,18,26-28,34H,4-6,8-9,12-13,17,19-20,32H2,1-3H3;3-5H2,1-2H3,(H2,8,11);1-2H/t27-,28+;;/m0../s1. The summed E-state index contributed by atoms with van der Waals surface area (Å²) in [6, 6.07) is 9.89. The van der Waals surface area contributed by atoms with Gasteiger partial charge < -0.3 is 31.1 Å². The molecule has 3 amide bonds. The summed E-state index contributed by atoms with van der Waals surface area (Å²) in [4.78, 5) is 37.5. The van der Waals surface area contributed by atoms with Crippen LogP contribution in [0.3, 0.4) is 0 Å². The summed E-state index contributed by atoms with van der Waals surface area (Å²) in [5.74, 6) is -2.35. The number of ether oxygens (including phenoxy) is 1. The van der Waals surface area contributed by atoms with Gasteiger partial charge in [-0.3, -0.25) is 9.59 Å². The molecule has 2 rings (SSSR count). The Morgan fingerprint density at radius 3 is 1.92 bits per heavy atom. The second-order valence-electron chi connectivity index (χ2n) is 12.2. The van der Waals surface area contributed by atoms with Crippen molar-refractivity contribution in [1.82, 2.24) is 9.80 Å². The third-order valence-corrected chi connectivity index (χ3v) is 10.5. The van der Waals surface area contributed by atoms with Crippen molar-refractivity contribution in [3.8, 4) is 12.8 Å². The topological polar surface area (TPSA) is 173 Å². The molecule has 292 valence electrons. The summed E-state index contributed by atoms with van der Waals surface area (Å²) in [7, 11) is -3.46. The number of nitrogens with two attached hydrogens (primary N) is 2. The highest BCUT2D eigenvalue weighted by Gasteiger charge is 2.28. The van der Waals surface area contributed by atoms with Crippen LogP contribution in [0.4, 0.5) is 13.6 Å². The fourth-order valence-electron chi connectivity index (χ4n) is 5.42. The predicted octanol–water partition coefficient (Wildman–Crippen LogP) is 4.76. The van der Waals surface area contributed by atoms with Crippen LogP contribution >= 0.6 is 0 Å². The second-order valence-corrected chi connectivity index (χ2v) is 14.6. The van der Waals surface area contributed by atoms with E-state index in [1.54, 1.807) is 4.90 Å². The van der Waals surface area contributed by atoms with Gasteiger partial charge in [-0.25, -0.2) is 22.0 Å². The molecule has 2 aromatic rings. The number of aliphatic hydroxyl groups excluding tert-OH is 1. The average molecular weight is 753 g/mol. The summed E-state index contributed by atoms with van der Waals surface area (Å²) in [6.07, 6.45) is 9.13. The van der Waals surface area contributed by atoms with Crippen LogP contribution in [0.1, 0.15) is 83.4 Å². The van der Waals surface area contributed by atoms with E-state index in [4.69, 9.17) is 11.5 Å². The van der Waals surface area contributed by atoms with Crippen LogP contribution in [0.15, 0.2) is 42.5 Å². The summed E-state index contributed by atoms with van der Waals surface area (Å²) in [6.45, 7) is 10.6. The number of amides is 3. The van der Waals surface area contributed by atoms with Crippen molar-refractivity contribution in [3.05, 3.63) is 70.8 Å². The number of carbonyl (C=O) groups is 3. The highest BCUT2D eigenvalue weighted by Crippen LogP contribution is 2.19. The smallest absolute Gasteiger partial charge is 0.405 e. The number of benzene rings is 2. The van der Waals surface area contributed by atoms with Crippen LogP contribution in [-0.4, -0.2) is 90.6 Å².